The van der Waals surface area contributed by atoms with Crippen molar-refractivity contribution < 1.29 is 9.53 Å². The normalized spacial score (nSPS) is 10.2. The molecule has 4 nitrogen and oxygen atoms in total. The van der Waals surface area contributed by atoms with Crippen LogP contribution in [0.2, 0.25) is 0 Å². The molecular weight excluding hydrogens is 244 g/mol. The monoisotopic (exact) mass is 260 g/mol. The molecule has 0 bridgehead atoms. The molecule has 0 saturated heterocycles. The first-order valence-electron chi connectivity index (χ1n) is 4.83. The van der Waals surface area contributed by atoms with Crippen LogP contribution in [-0.4, -0.2) is 37.8 Å². The van der Waals surface area contributed by atoms with Crippen molar-refractivity contribution in [2.75, 3.05) is 32.7 Å². The van der Waals surface area contributed by atoms with Crippen LogP contribution in [0.15, 0.2) is 4.21 Å². The molecular formula is C10H16N2O2S2. The first-order valence-corrected chi connectivity index (χ1v) is 6.63. The minimum absolute atomic E-state index is 0.0799. The van der Waals surface area contributed by atoms with E-state index in [1.165, 1.54) is 16.2 Å². The quantitative estimate of drug-likeness (QED) is 0.843. The van der Waals surface area contributed by atoms with Crippen LogP contribution in [0, 0.1) is 0 Å². The van der Waals surface area contributed by atoms with E-state index in [1.807, 2.05) is 6.92 Å². The van der Waals surface area contributed by atoms with Crippen LogP contribution >= 0.6 is 23.1 Å². The number of anilines is 1. The van der Waals surface area contributed by atoms with E-state index in [4.69, 9.17) is 10.5 Å². The van der Waals surface area contributed by atoms with Crippen LogP contribution in [0.1, 0.15) is 16.6 Å². The average molecular weight is 260 g/mol. The van der Waals surface area contributed by atoms with Crippen molar-refractivity contribution in [2.24, 2.45) is 0 Å². The number of nitrogen functional groups attached to an aromatic ring is 1. The van der Waals surface area contributed by atoms with Gasteiger partial charge in [0.1, 0.15) is 9.09 Å². The van der Waals surface area contributed by atoms with Gasteiger partial charge in [-0.05, 0) is 5.75 Å². The summed E-state index contributed by atoms with van der Waals surface area (Å²) in [6.45, 7) is 2.05. The lowest BCUT2D eigenvalue weighted by molar-refractivity contribution is 0.0833. The summed E-state index contributed by atoms with van der Waals surface area (Å²) in [7, 11) is 4.99. The highest BCUT2D eigenvalue weighted by atomic mass is 32.2. The van der Waals surface area contributed by atoms with Crippen LogP contribution in [0.4, 0.5) is 5.69 Å². The zero-order valence-electron chi connectivity index (χ0n) is 9.86. The van der Waals surface area contributed by atoms with Crippen molar-refractivity contribution >= 4 is 34.7 Å². The van der Waals surface area contributed by atoms with Gasteiger partial charge in [-0.15, -0.1) is 23.1 Å². The number of nitrogens with two attached hydrogens (primary N) is 1. The number of amides is 1. The SMILES string of the molecule is CCSc1sc(C(=O)N(C)C)c(N)c1OC. The summed E-state index contributed by atoms with van der Waals surface area (Å²) in [5.74, 6) is 1.47. The number of hydrogen-bond acceptors (Lipinski definition) is 5. The van der Waals surface area contributed by atoms with Crippen LogP contribution in [0.3, 0.4) is 0 Å². The van der Waals surface area contributed by atoms with Gasteiger partial charge in [-0.3, -0.25) is 4.79 Å². The minimum atomic E-state index is -0.0799. The number of carbonyl (C=O) groups excluding carboxylic acids is 1. The van der Waals surface area contributed by atoms with Crippen LogP contribution in [-0.2, 0) is 0 Å². The van der Waals surface area contributed by atoms with Crippen molar-refractivity contribution in [1.82, 2.24) is 4.90 Å². The molecule has 0 aliphatic rings. The fraction of sp³-hybridized carbons (Fsp3) is 0.500. The van der Waals surface area contributed by atoms with Gasteiger partial charge in [0, 0.05) is 14.1 Å². The third-order valence-corrected chi connectivity index (χ3v) is 4.26. The van der Waals surface area contributed by atoms with Crippen molar-refractivity contribution in [3.63, 3.8) is 0 Å². The van der Waals surface area contributed by atoms with E-state index >= 15 is 0 Å². The molecule has 0 saturated carbocycles. The topological polar surface area (TPSA) is 55.6 Å². The molecule has 1 heterocycles. The molecule has 0 aliphatic carbocycles. The summed E-state index contributed by atoms with van der Waals surface area (Å²) >= 11 is 3.03. The number of carbonyl (C=O) groups is 1. The Bertz CT molecular complexity index is 388. The summed E-state index contributed by atoms with van der Waals surface area (Å²) in [6.07, 6.45) is 0. The molecule has 0 fully saturated rings. The van der Waals surface area contributed by atoms with Crippen LogP contribution in [0.25, 0.3) is 0 Å². The van der Waals surface area contributed by atoms with E-state index in [0.717, 1.165) is 9.96 Å². The minimum Gasteiger partial charge on any atom is -0.492 e. The second-order valence-corrected chi connectivity index (χ2v) is 5.85. The lowest BCUT2D eigenvalue weighted by Gasteiger charge is -2.08. The number of thioether (sulfide) groups is 1. The first-order chi connectivity index (χ1) is 7.52. The number of ether oxygens (including phenoxy) is 1. The Kier molecular flexibility index (Phi) is 4.49. The predicted octanol–water partition coefficient (Wildman–Crippen LogP) is 2.15. The smallest absolute Gasteiger partial charge is 0.265 e. The zero-order chi connectivity index (χ0) is 12.3. The van der Waals surface area contributed by atoms with Crippen molar-refractivity contribution in [3.05, 3.63) is 4.88 Å². The maximum Gasteiger partial charge on any atom is 0.265 e. The number of hydrogen-bond donors (Lipinski definition) is 1. The van der Waals surface area contributed by atoms with Crippen molar-refractivity contribution in [2.45, 2.75) is 11.1 Å². The number of methoxy groups -OCH3 is 1. The second-order valence-electron chi connectivity index (χ2n) is 3.30. The lowest BCUT2D eigenvalue weighted by Crippen LogP contribution is -2.21. The largest absolute Gasteiger partial charge is 0.492 e. The van der Waals surface area contributed by atoms with Gasteiger partial charge < -0.3 is 15.4 Å². The molecule has 2 N–H and O–H groups in total. The molecule has 0 aliphatic heterocycles. The van der Waals surface area contributed by atoms with Gasteiger partial charge in [0.05, 0.1) is 12.8 Å². The Morgan fingerprint density at radius 3 is 2.62 bits per heavy atom. The maximum absolute atomic E-state index is 11.8. The Labute approximate surface area is 104 Å². The number of thiophene rings is 1. The molecule has 0 unspecified atom stereocenters. The fourth-order valence-corrected chi connectivity index (χ4v) is 3.56. The fourth-order valence-electron chi connectivity index (χ4n) is 1.19. The third-order valence-electron chi connectivity index (χ3n) is 1.95. The molecule has 0 radical (unpaired) electrons. The Balaban J connectivity index is 3.16. The van der Waals surface area contributed by atoms with E-state index in [2.05, 4.69) is 0 Å². The first kappa shape index (κ1) is 13.2. The van der Waals surface area contributed by atoms with Gasteiger partial charge >= 0.3 is 0 Å². The molecule has 1 rings (SSSR count). The molecule has 6 heteroatoms. The van der Waals surface area contributed by atoms with Crippen LogP contribution in [0.5, 0.6) is 5.75 Å². The van der Waals surface area contributed by atoms with Crippen molar-refractivity contribution in [3.8, 4) is 5.75 Å². The third kappa shape index (κ3) is 2.44. The summed E-state index contributed by atoms with van der Waals surface area (Å²) in [6, 6.07) is 0. The predicted molar refractivity (Wildman–Crippen MR) is 69.7 cm³/mol. The van der Waals surface area contributed by atoms with Gasteiger partial charge in [-0.25, -0.2) is 0 Å². The number of nitrogens with zero attached hydrogens (tertiary/aromatic N) is 1. The molecule has 1 aromatic rings. The molecule has 0 atom stereocenters. The Morgan fingerprint density at radius 1 is 1.56 bits per heavy atom. The zero-order valence-corrected chi connectivity index (χ0v) is 11.5. The Morgan fingerprint density at radius 2 is 2.19 bits per heavy atom. The summed E-state index contributed by atoms with van der Waals surface area (Å²) in [5.41, 5.74) is 6.35. The van der Waals surface area contributed by atoms with E-state index in [-0.39, 0.29) is 5.91 Å². The Hall–Kier alpha value is -0.880. The van der Waals surface area contributed by atoms with E-state index in [1.54, 1.807) is 33.0 Å². The summed E-state index contributed by atoms with van der Waals surface area (Å²) in [5, 5.41) is 0. The van der Waals surface area contributed by atoms with Gasteiger partial charge in [0.2, 0.25) is 0 Å². The van der Waals surface area contributed by atoms with Gasteiger partial charge in [-0.2, -0.15) is 0 Å². The van der Waals surface area contributed by atoms with Gasteiger partial charge in [0.25, 0.3) is 5.91 Å². The summed E-state index contributed by atoms with van der Waals surface area (Å²) in [4.78, 5) is 13.9. The standard InChI is InChI=1S/C10H16N2O2S2/c1-5-15-10-7(14-4)6(11)8(16-10)9(13)12(2)3/h5,11H2,1-4H3. The number of rotatable bonds is 4. The molecule has 1 amide bonds. The van der Waals surface area contributed by atoms with E-state index in [9.17, 15) is 4.79 Å². The highest BCUT2D eigenvalue weighted by Gasteiger charge is 2.22. The van der Waals surface area contributed by atoms with E-state index in [0.29, 0.717) is 16.3 Å². The summed E-state index contributed by atoms with van der Waals surface area (Å²) < 4.78 is 6.20. The van der Waals surface area contributed by atoms with Crippen LogP contribution < -0.4 is 10.5 Å². The second kappa shape index (κ2) is 5.45. The maximum atomic E-state index is 11.8. The van der Waals surface area contributed by atoms with E-state index < -0.39 is 0 Å². The molecule has 1 aromatic heterocycles. The van der Waals surface area contributed by atoms with Gasteiger partial charge in [0.15, 0.2) is 5.75 Å². The average Bonchev–Trinajstić information content (AvgIpc) is 2.54. The van der Waals surface area contributed by atoms with Crippen molar-refractivity contribution in [1.29, 1.82) is 0 Å². The van der Waals surface area contributed by atoms with Gasteiger partial charge in [-0.1, -0.05) is 6.92 Å². The molecule has 16 heavy (non-hydrogen) atoms. The highest BCUT2D eigenvalue weighted by Crippen LogP contribution is 2.44. The molecule has 0 spiro atoms. The lowest BCUT2D eigenvalue weighted by atomic mass is 10.3. The molecule has 0 aromatic carbocycles. The highest BCUT2D eigenvalue weighted by molar-refractivity contribution is 8.01. The molecule has 90 valence electrons.